The zero-order valence-electron chi connectivity index (χ0n) is 12.3. The summed E-state index contributed by atoms with van der Waals surface area (Å²) in [6, 6.07) is 3.92. The number of nitrogens with one attached hydrogen (secondary N) is 1. The summed E-state index contributed by atoms with van der Waals surface area (Å²) in [5.74, 6) is 1.24. The number of hydrogen-bond donors (Lipinski definition) is 2. The maximum atomic E-state index is 5.85. The van der Waals surface area contributed by atoms with E-state index >= 15 is 0 Å². The van der Waals surface area contributed by atoms with Gasteiger partial charge in [0.05, 0.1) is 24.4 Å². The van der Waals surface area contributed by atoms with Crippen LogP contribution in [0.4, 0.5) is 11.5 Å². The molecule has 1 aromatic rings. The van der Waals surface area contributed by atoms with Crippen LogP contribution in [0, 0.1) is 0 Å². The molecule has 1 atom stereocenters. The van der Waals surface area contributed by atoms with Crippen LogP contribution in [0.5, 0.6) is 5.88 Å². The van der Waals surface area contributed by atoms with Gasteiger partial charge >= 0.3 is 0 Å². The van der Waals surface area contributed by atoms with Crippen molar-refractivity contribution < 1.29 is 9.47 Å². The van der Waals surface area contributed by atoms with Crippen molar-refractivity contribution in [2.45, 2.75) is 45.8 Å². The Balaban J connectivity index is 2.76. The smallest absolute Gasteiger partial charge is 0.239 e. The van der Waals surface area contributed by atoms with E-state index in [2.05, 4.69) is 17.2 Å². The van der Waals surface area contributed by atoms with E-state index in [4.69, 9.17) is 15.2 Å². The summed E-state index contributed by atoms with van der Waals surface area (Å²) in [4.78, 5) is 4.40. The Morgan fingerprint density at radius 3 is 2.68 bits per heavy atom. The van der Waals surface area contributed by atoms with Crippen LogP contribution < -0.4 is 15.8 Å². The lowest BCUT2D eigenvalue weighted by Gasteiger charge is -2.19. The Hall–Kier alpha value is -1.49. The first-order valence-corrected chi connectivity index (χ1v) is 6.75. The molecule has 0 aliphatic carbocycles. The number of methoxy groups -OCH3 is 1. The lowest BCUT2D eigenvalue weighted by atomic mass is 10.2. The number of nitrogens with zero attached hydrogens (tertiary/aromatic N) is 1. The molecule has 0 aromatic carbocycles. The van der Waals surface area contributed by atoms with E-state index in [9.17, 15) is 0 Å². The molecular formula is C14H25N3O2. The fraction of sp³-hybridized carbons (Fsp3) is 0.643. The van der Waals surface area contributed by atoms with Crippen LogP contribution in [0.3, 0.4) is 0 Å². The molecular weight excluding hydrogens is 242 g/mol. The van der Waals surface area contributed by atoms with E-state index in [1.165, 1.54) is 0 Å². The molecule has 0 fully saturated rings. The topological polar surface area (TPSA) is 69.4 Å². The van der Waals surface area contributed by atoms with Gasteiger partial charge in [-0.2, -0.15) is 4.98 Å². The number of nitrogen functional groups attached to an aromatic ring is 1. The van der Waals surface area contributed by atoms with Crippen molar-refractivity contribution in [2.24, 2.45) is 0 Å². The fourth-order valence-corrected chi connectivity index (χ4v) is 1.81. The Morgan fingerprint density at radius 2 is 2.11 bits per heavy atom. The molecule has 0 amide bonds. The maximum Gasteiger partial charge on any atom is 0.239 e. The van der Waals surface area contributed by atoms with Crippen molar-refractivity contribution in [3.8, 4) is 5.88 Å². The summed E-state index contributed by atoms with van der Waals surface area (Å²) in [5, 5.41) is 3.35. The van der Waals surface area contributed by atoms with Gasteiger partial charge in [0.25, 0.3) is 0 Å². The van der Waals surface area contributed by atoms with Gasteiger partial charge < -0.3 is 20.5 Å². The van der Waals surface area contributed by atoms with Crippen LogP contribution in [-0.4, -0.2) is 30.8 Å². The van der Waals surface area contributed by atoms with Crippen LogP contribution in [0.25, 0.3) is 0 Å². The number of ether oxygens (including phenoxy) is 2. The third kappa shape index (κ3) is 5.34. The summed E-state index contributed by atoms with van der Waals surface area (Å²) < 4.78 is 10.8. The average molecular weight is 267 g/mol. The highest BCUT2D eigenvalue weighted by molar-refractivity contribution is 5.53. The van der Waals surface area contributed by atoms with Crippen LogP contribution in [0.2, 0.25) is 0 Å². The van der Waals surface area contributed by atoms with Gasteiger partial charge in [-0.1, -0.05) is 13.3 Å². The molecule has 0 saturated carbocycles. The molecule has 0 spiro atoms. The summed E-state index contributed by atoms with van der Waals surface area (Å²) in [7, 11) is 1.70. The predicted molar refractivity (Wildman–Crippen MR) is 78.6 cm³/mol. The first-order chi connectivity index (χ1) is 9.06. The van der Waals surface area contributed by atoms with Crippen LogP contribution >= 0.6 is 0 Å². The van der Waals surface area contributed by atoms with Gasteiger partial charge in [-0.15, -0.1) is 0 Å². The first-order valence-electron chi connectivity index (χ1n) is 6.75. The quantitative estimate of drug-likeness (QED) is 0.758. The average Bonchev–Trinajstić information content (AvgIpc) is 2.33. The van der Waals surface area contributed by atoms with E-state index in [0.717, 1.165) is 18.7 Å². The molecule has 0 bridgehead atoms. The largest absolute Gasteiger partial charge is 0.473 e. The minimum absolute atomic E-state index is 0.0514. The van der Waals surface area contributed by atoms with Gasteiger partial charge in [0.15, 0.2) is 0 Å². The molecule has 1 unspecified atom stereocenters. The highest BCUT2D eigenvalue weighted by Crippen LogP contribution is 2.22. The molecule has 5 nitrogen and oxygen atoms in total. The molecule has 0 aliphatic rings. The Kier molecular flexibility index (Phi) is 6.42. The summed E-state index contributed by atoms with van der Waals surface area (Å²) in [6.45, 7) is 6.70. The molecule has 0 aliphatic heterocycles. The van der Waals surface area contributed by atoms with E-state index in [0.29, 0.717) is 18.2 Å². The molecule has 3 N–H and O–H groups in total. The zero-order valence-corrected chi connectivity index (χ0v) is 12.3. The van der Waals surface area contributed by atoms with Crippen molar-refractivity contribution in [3.63, 3.8) is 0 Å². The standard InChI is InChI=1S/C14H25N3O2/c1-5-6-11(9-18-4)16-13-8-7-12(15)14(17-13)19-10(2)3/h7-8,10-11H,5-6,9,15H2,1-4H3,(H,16,17). The SMILES string of the molecule is CCCC(COC)Nc1ccc(N)c(OC(C)C)n1. The summed E-state index contributed by atoms with van der Waals surface area (Å²) >= 11 is 0. The van der Waals surface area contributed by atoms with E-state index in [-0.39, 0.29) is 12.1 Å². The van der Waals surface area contributed by atoms with Gasteiger partial charge in [0, 0.05) is 7.11 Å². The van der Waals surface area contributed by atoms with Crippen molar-refractivity contribution in [3.05, 3.63) is 12.1 Å². The first kappa shape index (κ1) is 15.6. The molecule has 1 heterocycles. The number of hydrogen-bond acceptors (Lipinski definition) is 5. The van der Waals surface area contributed by atoms with E-state index in [1.54, 1.807) is 7.11 Å². The number of anilines is 2. The maximum absolute atomic E-state index is 5.85. The van der Waals surface area contributed by atoms with Crippen LogP contribution in [0.1, 0.15) is 33.6 Å². The zero-order chi connectivity index (χ0) is 14.3. The molecule has 19 heavy (non-hydrogen) atoms. The molecule has 1 aromatic heterocycles. The summed E-state index contributed by atoms with van der Waals surface area (Å²) in [5.41, 5.74) is 6.40. The third-order valence-corrected chi connectivity index (χ3v) is 2.59. The van der Waals surface area contributed by atoms with E-state index in [1.807, 2.05) is 26.0 Å². The van der Waals surface area contributed by atoms with Gasteiger partial charge in [-0.05, 0) is 32.4 Å². The number of rotatable bonds is 8. The van der Waals surface area contributed by atoms with Crippen molar-refractivity contribution in [1.82, 2.24) is 4.98 Å². The fourth-order valence-electron chi connectivity index (χ4n) is 1.81. The minimum atomic E-state index is 0.0514. The third-order valence-electron chi connectivity index (χ3n) is 2.59. The van der Waals surface area contributed by atoms with Crippen molar-refractivity contribution in [2.75, 3.05) is 24.8 Å². The second-order valence-electron chi connectivity index (χ2n) is 4.84. The van der Waals surface area contributed by atoms with Crippen LogP contribution in [0.15, 0.2) is 12.1 Å². The molecule has 108 valence electrons. The van der Waals surface area contributed by atoms with Crippen molar-refractivity contribution >= 4 is 11.5 Å². The van der Waals surface area contributed by atoms with Gasteiger partial charge in [-0.3, -0.25) is 0 Å². The van der Waals surface area contributed by atoms with Gasteiger partial charge in [0.1, 0.15) is 5.82 Å². The van der Waals surface area contributed by atoms with Gasteiger partial charge in [0.2, 0.25) is 5.88 Å². The second-order valence-corrected chi connectivity index (χ2v) is 4.84. The lowest BCUT2D eigenvalue weighted by molar-refractivity contribution is 0.182. The minimum Gasteiger partial charge on any atom is -0.473 e. The number of nitrogens with two attached hydrogens (primary N) is 1. The predicted octanol–water partition coefficient (Wildman–Crippen LogP) is 2.68. The monoisotopic (exact) mass is 267 g/mol. The highest BCUT2D eigenvalue weighted by Gasteiger charge is 2.11. The van der Waals surface area contributed by atoms with E-state index < -0.39 is 0 Å². The molecule has 0 radical (unpaired) electrons. The lowest BCUT2D eigenvalue weighted by Crippen LogP contribution is -2.25. The van der Waals surface area contributed by atoms with Crippen molar-refractivity contribution in [1.29, 1.82) is 0 Å². The molecule has 5 heteroatoms. The van der Waals surface area contributed by atoms with Crippen LogP contribution in [-0.2, 0) is 4.74 Å². The molecule has 1 rings (SSSR count). The normalized spacial score (nSPS) is 12.5. The Morgan fingerprint density at radius 1 is 1.37 bits per heavy atom. The second kappa shape index (κ2) is 7.84. The highest BCUT2D eigenvalue weighted by atomic mass is 16.5. The number of aromatic nitrogens is 1. The Labute approximate surface area is 115 Å². The van der Waals surface area contributed by atoms with Gasteiger partial charge in [-0.25, -0.2) is 0 Å². The summed E-state index contributed by atoms with van der Waals surface area (Å²) in [6.07, 6.45) is 2.17. The number of pyridine rings is 1. The Bertz CT molecular complexity index is 377. The molecule has 0 saturated heterocycles.